The van der Waals surface area contributed by atoms with Crippen LogP contribution in [0, 0.1) is 5.41 Å². The van der Waals surface area contributed by atoms with Gasteiger partial charge in [-0.25, -0.2) is 0 Å². The van der Waals surface area contributed by atoms with Crippen molar-refractivity contribution in [2.75, 3.05) is 26.2 Å². The van der Waals surface area contributed by atoms with Crippen molar-refractivity contribution < 1.29 is 4.79 Å². The predicted octanol–water partition coefficient (Wildman–Crippen LogP) is 2.07. The first-order valence-electron chi connectivity index (χ1n) is 6.93. The lowest BCUT2D eigenvalue weighted by molar-refractivity contribution is -0.128. The van der Waals surface area contributed by atoms with Gasteiger partial charge in [0.25, 0.3) is 0 Å². The Morgan fingerprint density at radius 1 is 1.29 bits per heavy atom. The van der Waals surface area contributed by atoms with E-state index in [0.29, 0.717) is 18.4 Å². The molecule has 0 aliphatic carbocycles. The Bertz CT molecular complexity index is 239. The number of hydrogen-bond donors (Lipinski definition) is 1. The molecule has 0 saturated carbocycles. The smallest absolute Gasteiger partial charge is 0.152 e. The molecule has 100 valence electrons. The van der Waals surface area contributed by atoms with E-state index in [-0.39, 0.29) is 5.41 Å². The zero-order valence-electron chi connectivity index (χ0n) is 11.9. The molecule has 1 rings (SSSR count). The highest BCUT2D eigenvalue weighted by Gasteiger charge is 2.27. The highest BCUT2D eigenvalue weighted by atomic mass is 16.1. The Kier molecular flexibility index (Phi) is 5.60. The first-order valence-corrected chi connectivity index (χ1v) is 6.93. The first-order chi connectivity index (χ1) is 7.95. The van der Waals surface area contributed by atoms with E-state index in [2.05, 4.69) is 17.1 Å². The van der Waals surface area contributed by atoms with Crippen molar-refractivity contribution >= 4 is 5.78 Å². The summed E-state index contributed by atoms with van der Waals surface area (Å²) in [7, 11) is 0. The summed E-state index contributed by atoms with van der Waals surface area (Å²) >= 11 is 0. The predicted molar refractivity (Wildman–Crippen MR) is 72.2 cm³/mol. The highest BCUT2D eigenvalue weighted by molar-refractivity contribution is 5.85. The van der Waals surface area contributed by atoms with E-state index in [1.54, 1.807) is 0 Å². The molecule has 1 heterocycles. The van der Waals surface area contributed by atoms with Gasteiger partial charge in [-0.2, -0.15) is 0 Å². The van der Waals surface area contributed by atoms with E-state index in [4.69, 9.17) is 0 Å². The summed E-state index contributed by atoms with van der Waals surface area (Å²) < 4.78 is 0. The van der Waals surface area contributed by atoms with Crippen LogP contribution in [-0.4, -0.2) is 42.9 Å². The summed E-state index contributed by atoms with van der Waals surface area (Å²) in [6.07, 6.45) is 3.48. The fourth-order valence-corrected chi connectivity index (χ4v) is 2.27. The van der Waals surface area contributed by atoms with Crippen molar-refractivity contribution in [1.29, 1.82) is 0 Å². The summed E-state index contributed by atoms with van der Waals surface area (Å²) in [6.45, 7) is 12.1. The van der Waals surface area contributed by atoms with Gasteiger partial charge >= 0.3 is 0 Å². The molecule has 0 amide bonds. The normalized spacial score (nSPS) is 18.6. The lowest BCUT2D eigenvalue weighted by Gasteiger charge is -2.35. The Hall–Kier alpha value is -0.410. The minimum atomic E-state index is -0.209. The number of nitrogens with zero attached hydrogens (tertiary/aromatic N) is 1. The quantitative estimate of drug-likeness (QED) is 0.798. The van der Waals surface area contributed by atoms with E-state index >= 15 is 0 Å². The third kappa shape index (κ3) is 4.76. The van der Waals surface area contributed by atoms with Crippen LogP contribution < -0.4 is 5.32 Å². The molecule has 0 unspecified atom stereocenters. The van der Waals surface area contributed by atoms with Gasteiger partial charge in [0.15, 0.2) is 5.78 Å². The molecule has 3 heteroatoms. The maximum Gasteiger partial charge on any atom is 0.152 e. The van der Waals surface area contributed by atoms with Gasteiger partial charge in [0, 0.05) is 11.5 Å². The van der Waals surface area contributed by atoms with Crippen molar-refractivity contribution in [3.8, 4) is 0 Å². The Morgan fingerprint density at radius 2 is 1.88 bits per heavy atom. The van der Waals surface area contributed by atoms with E-state index < -0.39 is 0 Å². The van der Waals surface area contributed by atoms with E-state index in [1.807, 2.05) is 20.8 Å². The molecule has 1 aliphatic heterocycles. The van der Waals surface area contributed by atoms with E-state index in [0.717, 1.165) is 26.1 Å². The van der Waals surface area contributed by atoms with Crippen molar-refractivity contribution in [3.63, 3.8) is 0 Å². The minimum Gasteiger partial charge on any atom is -0.317 e. The Labute approximate surface area is 106 Å². The number of rotatable bonds is 5. The van der Waals surface area contributed by atoms with Crippen LogP contribution in [0.2, 0.25) is 0 Å². The molecule has 0 spiro atoms. The second-order valence-electron chi connectivity index (χ2n) is 6.12. The summed E-state index contributed by atoms with van der Waals surface area (Å²) in [6, 6.07) is 0.600. The van der Waals surface area contributed by atoms with Crippen molar-refractivity contribution in [2.24, 2.45) is 5.41 Å². The number of nitrogens with one attached hydrogen (secondary N) is 1. The van der Waals surface area contributed by atoms with Crippen molar-refractivity contribution in [1.82, 2.24) is 10.2 Å². The van der Waals surface area contributed by atoms with Gasteiger partial charge in [-0.1, -0.05) is 27.7 Å². The second kappa shape index (κ2) is 6.50. The van der Waals surface area contributed by atoms with Crippen LogP contribution in [0.5, 0.6) is 0 Å². The fraction of sp³-hybridized carbons (Fsp3) is 0.929. The molecule has 1 aliphatic rings. The van der Waals surface area contributed by atoms with Gasteiger partial charge in [-0.05, 0) is 38.9 Å². The monoisotopic (exact) mass is 240 g/mol. The number of hydrogen-bond acceptors (Lipinski definition) is 3. The molecule has 1 fully saturated rings. The fourth-order valence-electron chi connectivity index (χ4n) is 2.27. The number of carbonyl (C=O) groups is 1. The maximum atomic E-state index is 12.1. The van der Waals surface area contributed by atoms with Gasteiger partial charge in [-0.3, -0.25) is 9.69 Å². The number of piperidine rings is 1. The average Bonchev–Trinajstić information content (AvgIpc) is 2.28. The van der Waals surface area contributed by atoms with Crippen LogP contribution in [0.1, 0.15) is 47.0 Å². The Balaban J connectivity index is 2.55. The van der Waals surface area contributed by atoms with Gasteiger partial charge in [0.1, 0.15) is 0 Å². The lowest BCUT2D eigenvalue weighted by atomic mass is 9.90. The summed E-state index contributed by atoms with van der Waals surface area (Å²) in [4.78, 5) is 14.5. The molecule has 17 heavy (non-hydrogen) atoms. The van der Waals surface area contributed by atoms with Crippen LogP contribution in [0.3, 0.4) is 0 Å². The molecule has 0 atom stereocenters. The van der Waals surface area contributed by atoms with Crippen LogP contribution in [0.4, 0.5) is 0 Å². The van der Waals surface area contributed by atoms with Gasteiger partial charge in [-0.15, -0.1) is 0 Å². The van der Waals surface area contributed by atoms with Crippen LogP contribution in [0.25, 0.3) is 0 Å². The molecule has 1 N–H and O–H groups in total. The van der Waals surface area contributed by atoms with Crippen molar-refractivity contribution in [2.45, 2.75) is 53.0 Å². The maximum absolute atomic E-state index is 12.1. The van der Waals surface area contributed by atoms with Gasteiger partial charge in [0.05, 0.1) is 6.54 Å². The first kappa shape index (κ1) is 14.7. The minimum absolute atomic E-state index is 0.209. The molecule has 3 nitrogen and oxygen atoms in total. The molecular weight excluding hydrogens is 212 g/mol. The topological polar surface area (TPSA) is 32.3 Å². The Morgan fingerprint density at radius 3 is 2.35 bits per heavy atom. The molecule has 0 bridgehead atoms. The molecule has 0 aromatic rings. The second-order valence-corrected chi connectivity index (χ2v) is 6.12. The molecule has 0 aromatic heterocycles. The van der Waals surface area contributed by atoms with Gasteiger partial charge in [0.2, 0.25) is 0 Å². The average molecular weight is 240 g/mol. The van der Waals surface area contributed by atoms with E-state index in [9.17, 15) is 4.79 Å². The summed E-state index contributed by atoms with van der Waals surface area (Å²) in [5.41, 5.74) is -0.209. The third-order valence-electron chi connectivity index (χ3n) is 3.52. The zero-order valence-corrected chi connectivity index (χ0v) is 11.9. The van der Waals surface area contributed by atoms with Crippen LogP contribution in [0.15, 0.2) is 0 Å². The zero-order chi connectivity index (χ0) is 12.9. The van der Waals surface area contributed by atoms with Gasteiger partial charge < -0.3 is 5.32 Å². The number of ketones is 1. The van der Waals surface area contributed by atoms with Crippen molar-refractivity contribution in [3.05, 3.63) is 0 Å². The van der Waals surface area contributed by atoms with Crippen LogP contribution in [-0.2, 0) is 4.79 Å². The lowest BCUT2D eigenvalue weighted by Crippen LogP contribution is -2.47. The molecule has 1 saturated heterocycles. The molecule has 0 aromatic carbocycles. The summed E-state index contributed by atoms with van der Waals surface area (Å²) in [5, 5.41) is 3.38. The highest BCUT2D eigenvalue weighted by Crippen LogP contribution is 2.18. The molecule has 0 radical (unpaired) electrons. The van der Waals surface area contributed by atoms with Crippen LogP contribution >= 0.6 is 0 Å². The SMILES string of the molecule is CCCN(CC(=O)C(C)(C)C)C1CCNCC1. The number of Topliss-reactive ketones (excluding diaryl/α,β-unsaturated/α-hetero) is 1. The third-order valence-corrected chi connectivity index (χ3v) is 3.52. The largest absolute Gasteiger partial charge is 0.317 e. The van der Waals surface area contributed by atoms with E-state index in [1.165, 1.54) is 12.8 Å². The molecular formula is C14H28N2O. The number of carbonyl (C=O) groups excluding carboxylic acids is 1. The summed E-state index contributed by atoms with van der Waals surface area (Å²) in [5.74, 6) is 0.365. The standard InChI is InChI=1S/C14H28N2O/c1-5-10-16(11-13(17)14(2,3)4)12-6-8-15-9-7-12/h12,15H,5-11H2,1-4H3.